The van der Waals surface area contributed by atoms with Gasteiger partial charge in [0.25, 0.3) is 0 Å². The molecule has 0 spiro atoms. The van der Waals surface area contributed by atoms with Crippen molar-refractivity contribution in [1.29, 1.82) is 0 Å². The average molecular weight is 442 g/mol. The third-order valence-corrected chi connectivity index (χ3v) is 6.14. The predicted octanol–water partition coefficient (Wildman–Crippen LogP) is 2.71. The number of piperidine rings is 1. The van der Waals surface area contributed by atoms with Crippen LogP contribution < -0.4 is 11.1 Å². The molecule has 9 heteroatoms. The van der Waals surface area contributed by atoms with Gasteiger partial charge in [-0.25, -0.2) is 0 Å². The summed E-state index contributed by atoms with van der Waals surface area (Å²) in [6.45, 7) is 6.79. The average Bonchev–Trinajstić information content (AvgIpc) is 2.75. The summed E-state index contributed by atoms with van der Waals surface area (Å²) in [7, 11) is 2.02. The van der Waals surface area contributed by atoms with Gasteiger partial charge in [-0.15, -0.1) is 0 Å². The summed E-state index contributed by atoms with van der Waals surface area (Å²) < 4.78 is 44.1. The maximum atomic E-state index is 12.9. The van der Waals surface area contributed by atoms with Crippen LogP contribution in [0.2, 0.25) is 0 Å². The third-order valence-electron chi connectivity index (χ3n) is 6.14. The SMILES string of the molecule is CN1CCCC(CN=C(N)NCCCN2CCOCC2)C1c1ccc(C(F)(F)F)cc1. The fourth-order valence-electron chi connectivity index (χ4n) is 4.46. The number of aliphatic imine (C=N–C) groups is 1. The molecule has 2 atom stereocenters. The second-order valence-corrected chi connectivity index (χ2v) is 8.41. The molecule has 1 aromatic carbocycles. The molecule has 2 fully saturated rings. The fraction of sp³-hybridized carbons (Fsp3) is 0.682. The number of guanidine groups is 1. The number of morpholine rings is 1. The molecule has 3 N–H and O–H groups in total. The summed E-state index contributed by atoms with van der Waals surface area (Å²) in [6.07, 6.45) is -1.32. The first-order valence-electron chi connectivity index (χ1n) is 11.1. The monoisotopic (exact) mass is 441 g/mol. The molecule has 6 nitrogen and oxygen atoms in total. The number of hydrogen-bond donors (Lipinski definition) is 2. The van der Waals surface area contributed by atoms with Gasteiger partial charge in [0, 0.05) is 32.2 Å². The van der Waals surface area contributed by atoms with Gasteiger partial charge in [0.15, 0.2) is 5.96 Å². The Morgan fingerprint density at radius 3 is 2.58 bits per heavy atom. The van der Waals surface area contributed by atoms with Crippen molar-refractivity contribution in [2.24, 2.45) is 16.6 Å². The van der Waals surface area contributed by atoms with Crippen molar-refractivity contribution in [3.63, 3.8) is 0 Å². The first-order valence-corrected chi connectivity index (χ1v) is 11.1. The Balaban J connectivity index is 1.52. The molecule has 0 saturated carbocycles. The number of nitrogens with one attached hydrogen (secondary N) is 1. The molecule has 0 aromatic heterocycles. The number of likely N-dealkylation sites (tertiary alicyclic amines) is 1. The Labute approximate surface area is 182 Å². The molecule has 2 unspecified atom stereocenters. The lowest BCUT2D eigenvalue weighted by atomic mass is 9.84. The maximum Gasteiger partial charge on any atom is 0.416 e. The van der Waals surface area contributed by atoms with Crippen molar-refractivity contribution >= 4 is 5.96 Å². The van der Waals surface area contributed by atoms with Crippen molar-refractivity contribution in [2.45, 2.75) is 31.5 Å². The summed E-state index contributed by atoms with van der Waals surface area (Å²) in [5, 5.41) is 3.18. The number of alkyl halides is 3. The lowest BCUT2D eigenvalue weighted by Gasteiger charge is -2.39. The minimum Gasteiger partial charge on any atom is -0.379 e. The van der Waals surface area contributed by atoms with Crippen molar-refractivity contribution in [2.75, 3.05) is 59.5 Å². The molecule has 1 aromatic rings. The number of nitrogens with zero attached hydrogens (tertiary/aromatic N) is 3. The lowest BCUT2D eigenvalue weighted by molar-refractivity contribution is -0.137. The summed E-state index contributed by atoms with van der Waals surface area (Å²) >= 11 is 0. The largest absolute Gasteiger partial charge is 0.416 e. The van der Waals surface area contributed by atoms with Crippen LogP contribution in [-0.4, -0.2) is 75.3 Å². The van der Waals surface area contributed by atoms with Crippen LogP contribution >= 0.6 is 0 Å². The molecule has 0 bridgehead atoms. The number of halogens is 3. The Morgan fingerprint density at radius 2 is 1.90 bits per heavy atom. The Hall–Kier alpha value is -1.84. The van der Waals surface area contributed by atoms with Crippen molar-refractivity contribution < 1.29 is 17.9 Å². The normalized spacial score (nSPS) is 24.3. The predicted molar refractivity (Wildman–Crippen MR) is 116 cm³/mol. The van der Waals surface area contributed by atoms with Gasteiger partial charge in [-0.2, -0.15) is 13.2 Å². The molecular formula is C22H34F3N5O. The van der Waals surface area contributed by atoms with E-state index in [1.54, 1.807) is 12.1 Å². The molecule has 0 radical (unpaired) electrons. The van der Waals surface area contributed by atoms with Crippen LogP contribution in [0.4, 0.5) is 13.2 Å². The van der Waals surface area contributed by atoms with Gasteiger partial charge in [-0.1, -0.05) is 12.1 Å². The van der Waals surface area contributed by atoms with Gasteiger partial charge in [0.1, 0.15) is 0 Å². The Morgan fingerprint density at radius 1 is 1.19 bits per heavy atom. The molecule has 174 valence electrons. The summed E-state index contributed by atoms with van der Waals surface area (Å²) in [5.41, 5.74) is 6.34. The van der Waals surface area contributed by atoms with E-state index in [4.69, 9.17) is 10.5 Å². The zero-order valence-electron chi connectivity index (χ0n) is 18.2. The first-order chi connectivity index (χ1) is 14.8. The molecule has 2 saturated heterocycles. The van der Waals surface area contributed by atoms with Crippen LogP contribution in [0.25, 0.3) is 0 Å². The molecule has 3 rings (SSSR count). The number of rotatable bonds is 7. The molecule has 0 amide bonds. The van der Waals surface area contributed by atoms with Crippen molar-refractivity contribution in [3.8, 4) is 0 Å². The molecule has 2 heterocycles. The minimum atomic E-state index is -4.32. The summed E-state index contributed by atoms with van der Waals surface area (Å²) in [5.74, 6) is 0.644. The van der Waals surface area contributed by atoms with Gasteiger partial charge >= 0.3 is 6.18 Å². The van der Waals surface area contributed by atoms with E-state index in [0.717, 1.165) is 70.8 Å². The van der Waals surface area contributed by atoms with E-state index in [1.807, 2.05) is 7.05 Å². The molecule has 2 aliphatic heterocycles. The minimum absolute atomic E-state index is 0.0360. The maximum absolute atomic E-state index is 12.9. The highest BCUT2D eigenvalue weighted by molar-refractivity contribution is 5.77. The fourth-order valence-corrected chi connectivity index (χ4v) is 4.46. The van der Waals surface area contributed by atoms with Crippen LogP contribution in [0.3, 0.4) is 0 Å². The van der Waals surface area contributed by atoms with E-state index in [1.165, 1.54) is 12.1 Å². The number of ether oxygens (including phenoxy) is 1. The van der Waals surface area contributed by atoms with Crippen molar-refractivity contribution in [3.05, 3.63) is 35.4 Å². The van der Waals surface area contributed by atoms with Gasteiger partial charge in [0.05, 0.1) is 18.8 Å². The van der Waals surface area contributed by atoms with Crippen LogP contribution in [0, 0.1) is 5.92 Å². The topological polar surface area (TPSA) is 66.1 Å². The highest BCUT2D eigenvalue weighted by Gasteiger charge is 2.33. The summed E-state index contributed by atoms with van der Waals surface area (Å²) in [6, 6.07) is 5.57. The number of nitrogens with two attached hydrogens (primary N) is 1. The quantitative estimate of drug-likeness (QED) is 0.387. The van der Waals surface area contributed by atoms with Gasteiger partial charge in [-0.3, -0.25) is 14.8 Å². The third kappa shape index (κ3) is 7.08. The lowest BCUT2D eigenvalue weighted by Crippen LogP contribution is -2.40. The van der Waals surface area contributed by atoms with E-state index in [0.29, 0.717) is 12.5 Å². The molecule has 2 aliphatic rings. The number of hydrogen-bond acceptors (Lipinski definition) is 4. The molecular weight excluding hydrogens is 407 g/mol. The van der Waals surface area contributed by atoms with Crippen LogP contribution in [0.5, 0.6) is 0 Å². The number of benzene rings is 1. The van der Waals surface area contributed by atoms with Gasteiger partial charge in [-0.05, 0) is 63.0 Å². The van der Waals surface area contributed by atoms with Crippen LogP contribution in [0.1, 0.15) is 36.4 Å². The summed E-state index contributed by atoms with van der Waals surface area (Å²) in [4.78, 5) is 9.13. The smallest absolute Gasteiger partial charge is 0.379 e. The Bertz CT molecular complexity index is 704. The van der Waals surface area contributed by atoms with E-state index in [9.17, 15) is 13.2 Å². The standard InChI is InChI=1S/C22H34F3N5O/c1-29-10-2-4-18(20(29)17-5-7-19(8-6-17)22(23,24)25)16-28-21(26)27-9-3-11-30-12-14-31-15-13-30/h5-8,18,20H,2-4,9-16H2,1H3,(H3,26,27,28). The van der Waals surface area contributed by atoms with E-state index in [2.05, 4.69) is 20.1 Å². The van der Waals surface area contributed by atoms with Gasteiger partial charge < -0.3 is 15.8 Å². The zero-order chi connectivity index (χ0) is 22.3. The second-order valence-electron chi connectivity index (χ2n) is 8.41. The highest BCUT2D eigenvalue weighted by Crippen LogP contribution is 2.37. The van der Waals surface area contributed by atoms with Crippen LogP contribution in [-0.2, 0) is 10.9 Å². The molecule has 31 heavy (non-hydrogen) atoms. The van der Waals surface area contributed by atoms with E-state index < -0.39 is 11.7 Å². The highest BCUT2D eigenvalue weighted by atomic mass is 19.4. The second kappa shape index (κ2) is 11.2. The molecule has 0 aliphatic carbocycles. The zero-order valence-corrected chi connectivity index (χ0v) is 18.2. The van der Waals surface area contributed by atoms with Gasteiger partial charge in [0.2, 0.25) is 0 Å². The van der Waals surface area contributed by atoms with Crippen LogP contribution in [0.15, 0.2) is 29.3 Å². The van der Waals surface area contributed by atoms with Crippen molar-refractivity contribution in [1.82, 2.24) is 15.1 Å². The van der Waals surface area contributed by atoms with E-state index in [-0.39, 0.29) is 12.0 Å². The van der Waals surface area contributed by atoms with E-state index >= 15 is 0 Å². The first kappa shape index (κ1) is 23.8. The Kier molecular flexibility index (Phi) is 8.57.